The molecule has 0 aliphatic carbocycles. The van der Waals surface area contributed by atoms with E-state index in [9.17, 15) is 8.42 Å². The van der Waals surface area contributed by atoms with Gasteiger partial charge in [0.15, 0.2) is 0 Å². The van der Waals surface area contributed by atoms with Crippen LogP contribution in [0.5, 0.6) is 0 Å². The number of fused-ring (bicyclic) bond motifs is 1. The third-order valence-electron chi connectivity index (χ3n) is 4.35. The maximum atomic E-state index is 13.4. The summed E-state index contributed by atoms with van der Waals surface area (Å²) < 4.78 is 28.3. The van der Waals surface area contributed by atoms with E-state index < -0.39 is 10.0 Å². The van der Waals surface area contributed by atoms with Crippen molar-refractivity contribution in [2.24, 2.45) is 0 Å². The molecule has 4 rings (SSSR count). The highest BCUT2D eigenvalue weighted by atomic mass is 35.5. The molecule has 0 bridgehead atoms. The number of hydrogen-bond acceptors (Lipinski definition) is 2. The van der Waals surface area contributed by atoms with Crippen molar-refractivity contribution in [1.82, 2.24) is 3.97 Å². The molecule has 1 aromatic heterocycles. The van der Waals surface area contributed by atoms with Gasteiger partial charge in [0.2, 0.25) is 0 Å². The summed E-state index contributed by atoms with van der Waals surface area (Å²) in [6, 6.07) is 23.5. The zero-order chi connectivity index (χ0) is 18.3. The molecule has 0 spiro atoms. The van der Waals surface area contributed by atoms with Gasteiger partial charge in [-0.15, -0.1) is 0 Å². The topological polar surface area (TPSA) is 39.1 Å². The van der Waals surface area contributed by atoms with E-state index in [1.165, 1.54) is 3.97 Å². The fourth-order valence-corrected chi connectivity index (χ4v) is 4.73. The molecule has 26 heavy (non-hydrogen) atoms. The Morgan fingerprint density at radius 2 is 1.54 bits per heavy atom. The zero-order valence-corrected chi connectivity index (χ0v) is 15.6. The number of nitrogens with zero attached hydrogens (tertiary/aromatic N) is 1. The van der Waals surface area contributed by atoms with Crippen molar-refractivity contribution < 1.29 is 8.42 Å². The molecule has 3 aromatic carbocycles. The van der Waals surface area contributed by atoms with Gasteiger partial charge in [0.1, 0.15) is 0 Å². The molecule has 130 valence electrons. The van der Waals surface area contributed by atoms with E-state index in [2.05, 4.69) is 0 Å². The fraction of sp³-hybridized carbons (Fsp3) is 0.0476. The summed E-state index contributed by atoms with van der Waals surface area (Å²) in [5, 5.41) is 1.32. The van der Waals surface area contributed by atoms with Gasteiger partial charge in [-0.2, -0.15) is 0 Å². The summed E-state index contributed by atoms with van der Waals surface area (Å²) >= 11 is 6.15. The van der Waals surface area contributed by atoms with Gasteiger partial charge in [0.05, 0.1) is 16.1 Å². The van der Waals surface area contributed by atoms with E-state index in [1.54, 1.807) is 36.4 Å². The first-order chi connectivity index (χ1) is 12.5. The van der Waals surface area contributed by atoms with Crippen LogP contribution in [-0.2, 0) is 10.0 Å². The zero-order valence-electron chi connectivity index (χ0n) is 14.1. The van der Waals surface area contributed by atoms with Gasteiger partial charge in [-0.1, -0.05) is 65.7 Å². The van der Waals surface area contributed by atoms with E-state index in [-0.39, 0.29) is 4.90 Å². The fourth-order valence-electron chi connectivity index (χ4n) is 3.03. The lowest BCUT2D eigenvalue weighted by atomic mass is 10.1. The highest BCUT2D eigenvalue weighted by Crippen LogP contribution is 2.33. The van der Waals surface area contributed by atoms with Crippen LogP contribution in [0.25, 0.3) is 22.2 Å². The Labute approximate surface area is 157 Å². The van der Waals surface area contributed by atoms with E-state index in [0.717, 1.165) is 16.5 Å². The largest absolute Gasteiger partial charge is 0.268 e. The minimum Gasteiger partial charge on any atom is -0.233 e. The molecule has 0 N–H and O–H groups in total. The molecule has 0 saturated heterocycles. The van der Waals surface area contributed by atoms with Gasteiger partial charge in [0.25, 0.3) is 10.0 Å². The van der Waals surface area contributed by atoms with Crippen molar-refractivity contribution in [3.63, 3.8) is 0 Å². The van der Waals surface area contributed by atoms with Crippen LogP contribution in [0.1, 0.15) is 5.56 Å². The number of halogens is 1. The van der Waals surface area contributed by atoms with Gasteiger partial charge in [-0.05, 0) is 42.8 Å². The maximum absolute atomic E-state index is 13.4. The van der Waals surface area contributed by atoms with Crippen LogP contribution in [0.2, 0.25) is 5.02 Å². The Hall–Kier alpha value is -2.56. The standard InChI is InChI=1S/C21H16ClNO2S/c1-15-7-11-19(12-8-15)26(24,25)23-20(16-5-3-2-4-6-16)13-17-9-10-18(22)14-21(17)23/h2-14H,1H3. The van der Waals surface area contributed by atoms with E-state index >= 15 is 0 Å². The van der Waals surface area contributed by atoms with Crippen LogP contribution in [0.4, 0.5) is 0 Å². The lowest BCUT2D eigenvalue weighted by Crippen LogP contribution is -2.14. The molecule has 0 radical (unpaired) electrons. The van der Waals surface area contributed by atoms with Crippen molar-refractivity contribution in [1.29, 1.82) is 0 Å². The smallest absolute Gasteiger partial charge is 0.233 e. The van der Waals surface area contributed by atoms with E-state index in [4.69, 9.17) is 11.6 Å². The Balaban J connectivity index is 2.07. The minimum absolute atomic E-state index is 0.248. The summed E-state index contributed by atoms with van der Waals surface area (Å²) in [6.45, 7) is 1.93. The first-order valence-electron chi connectivity index (χ1n) is 8.15. The Morgan fingerprint density at radius 1 is 0.846 bits per heavy atom. The third kappa shape index (κ3) is 2.81. The van der Waals surface area contributed by atoms with Crippen molar-refractivity contribution in [2.45, 2.75) is 11.8 Å². The van der Waals surface area contributed by atoms with Gasteiger partial charge >= 0.3 is 0 Å². The molecular formula is C21H16ClNO2S. The Bertz CT molecular complexity index is 1190. The van der Waals surface area contributed by atoms with E-state index in [1.807, 2.05) is 49.4 Å². The molecule has 0 aliphatic rings. The molecule has 5 heteroatoms. The number of hydrogen-bond donors (Lipinski definition) is 0. The second kappa shape index (κ2) is 6.31. The number of rotatable bonds is 3. The normalized spacial score (nSPS) is 11.8. The molecule has 0 aliphatic heterocycles. The average molecular weight is 382 g/mol. The highest BCUT2D eigenvalue weighted by Gasteiger charge is 2.24. The van der Waals surface area contributed by atoms with Gasteiger partial charge < -0.3 is 0 Å². The van der Waals surface area contributed by atoms with Crippen molar-refractivity contribution >= 4 is 32.5 Å². The molecule has 0 amide bonds. The lowest BCUT2D eigenvalue weighted by molar-refractivity contribution is 0.589. The maximum Gasteiger partial charge on any atom is 0.268 e. The lowest BCUT2D eigenvalue weighted by Gasteiger charge is -2.12. The summed E-state index contributed by atoms with van der Waals surface area (Å²) in [4.78, 5) is 0.248. The van der Waals surface area contributed by atoms with Crippen LogP contribution in [0.3, 0.4) is 0 Å². The number of benzene rings is 3. The summed E-state index contributed by atoms with van der Waals surface area (Å²) in [6.07, 6.45) is 0. The first-order valence-corrected chi connectivity index (χ1v) is 9.97. The van der Waals surface area contributed by atoms with Crippen molar-refractivity contribution in [3.8, 4) is 11.3 Å². The predicted molar refractivity (Wildman–Crippen MR) is 106 cm³/mol. The Kier molecular flexibility index (Phi) is 4.10. The van der Waals surface area contributed by atoms with E-state index in [0.29, 0.717) is 16.2 Å². The molecule has 1 heterocycles. The van der Waals surface area contributed by atoms with Gasteiger partial charge in [-0.25, -0.2) is 12.4 Å². The van der Waals surface area contributed by atoms with Crippen molar-refractivity contribution in [3.05, 3.63) is 89.4 Å². The molecule has 0 saturated carbocycles. The van der Waals surface area contributed by atoms with Crippen LogP contribution in [0.15, 0.2) is 83.8 Å². The summed E-state index contributed by atoms with van der Waals surface area (Å²) in [5.74, 6) is 0. The van der Waals surface area contributed by atoms with Crippen LogP contribution in [0, 0.1) is 6.92 Å². The highest BCUT2D eigenvalue weighted by molar-refractivity contribution is 7.90. The summed E-state index contributed by atoms with van der Waals surface area (Å²) in [7, 11) is -3.78. The van der Waals surface area contributed by atoms with Crippen molar-refractivity contribution in [2.75, 3.05) is 0 Å². The molecule has 3 nitrogen and oxygen atoms in total. The predicted octanol–water partition coefficient (Wildman–Crippen LogP) is 5.51. The Morgan fingerprint density at radius 3 is 2.23 bits per heavy atom. The van der Waals surface area contributed by atoms with Crippen LogP contribution < -0.4 is 0 Å². The third-order valence-corrected chi connectivity index (χ3v) is 6.33. The number of aromatic nitrogens is 1. The molecule has 0 unspecified atom stereocenters. The quantitative estimate of drug-likeness (QED) is 0.469. The SMILES string of the molecule is Cc1ccc(S(=O)(=O)n2c(-c3ccccc3)cc3ccc(Cl)cc32)cc1. The van der Waals surface area contributed by atoms with Gasteiger partial charge in [0, 0.05) is 10.4 Å². The van der Waals surface area contributed by atoms with Crippen LogP contribution >= 0.6 is 11.6 Å². The molecular weight excluding hydrogens is 366 g/mol. The van der Waals surface area contributed by atoms with Crippen LogP contribution in [-0.4, -0.2) is 12.4 Å². The first kappa shape index (κ1) is 16.9. The molecule has 4 aromatic rings. The second-order valence-corrected chi connectivity index (χ2v) is 8.40. The monoisotopic (exact) mass is 381 g/mol. The average Bonchev–Trinajstić information content (AvgIpc) is 3.02. The number of aryl methyl sites for hydroxylation is 1. The van der Waals surface area contributed by atoms with Gasteiger partial charge in [-0.3, -0.25) is 0 Å². The minimum atomic E-state index is -3.78. The summed E-state index contributed by atoms with van der Waals surface area (Å²) in [5.41, 5.74) is 3.02. The second-order valence-electron chi connectivity index (χ2n) is 6.18. The molecule has 0 atom stereocenters. The molecule has 0 fully saturated rings.